The minimum absolute atomic E-state index is 0.0118. The van der Waals surface area contributed by atoms with Crippen molar-refractivity contribution in [2.75, 3.05) is 26.4 Å². The molecule has 0 aliphatic carbocycles. The minimum Gasteiger partial charge on any atom is -0.459 e. The molecular formula is C56H49N3O17. The molecule has 0 spiro atoms. The quantitative estimate of drug-likeness (QED) is 0.0199. The highest BCUT2D eigenvalue weighted by molar-refractivity contribution is 5.92. The van der Waals surface area contributed by atoms with Gasteiger partial charge < -0.3 is 52.5 Å². The first-order valence-corrected chi connectivity index (χ1v) is 23.8. The van der Waals surface area contributed by atoms with E-state index in [-0.39, 0.29) is 46.5 Å². The first-order chi connectivity index (χ1) is 37.1. The number of esters is 6. The van der Waals surface area contributed by atoms with E-state index in [4.69, 9.17) is 52.9 Å². The summed E-state index contributed by atoms with van der Waals surface area (Å²) in [7, 11) is 0. The van der Waals surface area contributed by atoms with E-state index in [0.29, 0.717) is 0 Å². The van der Waals surface area contributed by atoms with Crippen LogP contribution in [-0.2, 0) is 47.4 Å². The molecule has 20 heteroatoms. The average molecular weight is 1040 g/mol. The predicted molar refractivity (Wildman–Crippen MR) is 264 cm³/mol. The first-order valence-electron chi connectivity index (χ1n) is 23.8. The molecule has 6 aromatic carbocycles. The van der Waals surface area contributed by atoms with Crippen molar-refractivity contribution in [3.63, 3.8) is 0 Å². The molecule has 0 unspecified atom stereocenters. The van der Waals surface area contributed by atoms with Gasteiger partial charge in [0, 0.05) is 11.5 Å². The van der Waals surface area contributed by atoms with E-state index in [1.165, 1.54) is 72.8 Å². The molecule has 0 amide bonds. The summed E-state index contributed by atoms with van der Waals surface area (Å²) < 4.78 is 61.8. The van der Waals surface area contributed by atoms with E-state index in [2.05, 4.69) is 10.0 Å². The number of ether oxygens (including phenoxy) is 10. The summed E-state index contributed by atoms with van der Waals surface area (Å²) in [6.07, 6.45) is -18.1. The average Bonchev–Trinajstić information content (AvgIpc) is 3.47. The van der Waals surface area contributed by atoms with Gasteiger partial charge in [-0.2, -0.15) is 0 Å². The molecule has 8 rings (SSSR count). The molecule has 76 heavy (non-hydrogen) atoms. The van der Waals surface area contributed by atoms with Crippen molar-refractivity contribution in [3.8, 4) is 0 Å². The van der Waals surface area contributed by atoms with E-state index in [1.807, 2.05) is 0 Å². The fourth-order valence-electron chi connectivity index (χ4n) is 8.07. The van der Waals surface area contributed by atoms with E-state index in [1.54, 1.807) is 109 Å². The van der Waals surface area contributed by atoms with Crippen LogP contribution in [0.25, 0.3) is 10.4 Å². The van der Waals surface area contributed by atoms with Crippen LogP contribution in [0.3, 0.4) is 0 Å². The molecule has 6 aromatic rings. The number of aliphatic hydroxyl groups is 1. The molecule has 0 saturated carbocycles. The van der Waals surface area contributed by atoms with Crippen molar-refractivity contribution in [1.29, 1.82) is 0 Å². The van der Waals surface area contributed by atoms with Gasteiger partial charge in [-0.25, -0.2) is 28.8 Å². The Kier molecular flexibility index (Phi) is 18.6. The summed E-state index contributed by atoms with van der Waals surface area (Å²) in [5.74, 6) is -5.59. The number of benzene rings is 6. The molecule has 0 aromatic heterocycles. The summed E-state index contributed by atoms with van der Waals surface area (Å²) >= 11 is 0. The standard InChI is InChI=1S/C56H49N3O17/c57-59-58-31-32-67-55-48(75-54(66)40-29-17-6-18-30-40)46(73-52(64)38-25-13-4-14-26-38)44(42(71-55)34-69-50(62)36-21-9-2-10-22-36)76-56-47(74-53(65)39-27-15-5-16-28-39)45(72-51(63)37-23-11-3-12-24-37)43(60)41(70-56)33-68-49(61)35-19-7-1-8-20-35/h1-30,41-48,55-56,60H,31-34H2/t41-,42-,43+,44-,45+,46+,47-,48-,55-,56+/m1/s1. The summed E-state index contributed by atoms with van der Waals surface area (Å²) in [4.78, 5) is 86.5. The van der Waals surface area contributed by atoms with Gasteiger partial charge in [0.15, 0.2) is 37.0 Å². The summed E-state index contributed by atoms with van der Waals surface area (Å²) in [6, 6.07) is 46.6. The van der Waals surface area contributed by atoms with Crippen LogP contribution in [0.5, 0.6) is 0 Å². The van der Waals surface area contributed by atoms with Gasteiger partial charge in [-0.15, -0.1) is 0 Å². The third kappa shape index (κ3) is 13.9. The highest BCUT2D eigenvalue weighted by Crippen LogP contribution is 2.36. The molecule has 0 radical (unpaired) electrons. The van der Waals surface area contributed by atoms with Crippen LogP contribution in [0, 0.1) is 0 Å². The SMILES string of the molecule is [N-]=[N+]=NCCO[C@@H]1O[C@H](COC(=O)c2ccccc2)[C@@H](O[C@@H]2O[C@H](COC(=O)c3ccccc3)[C@H](O)[C@H](OC(=O)c3ccccc3)[C@H]2OC(=O)c2ccccc2)[C@H](OC(=O)c2ccccc2)[C@H]1OC(=O)c1ccccc1. The van der Waals surface area contributed by atoms with Crippen molar-refractivity contribution in [1.82, 2.24) is 0 Å². The van der Waals surface area contributed by atoms with Crippen molar-refractivity contribution < 1.29 is 81.2 Å². The molecule has 390 valence electrons. The van der Waals surface area contributed by atoms with Crippen LogP contribution in [0.15, 0.2) is 187 Å². The fourth-order valence-corrected chi connectivity index (χ4v) is 8.07. The molecular weight excluding hydrogens is 987 g/mol. The van der Waals surface area contributed by atoms with Gasteiger partial charge in [-0.1, -0.05) is 114 Å². The maximum absolute atomic E-state index is 14.4. The Hall–Kier alpha value is -8.75. The molecule has 2 heterocycles. The van der Waals surface area contributed by atoms with Crippen molar-refractivity contribution in [2.45, 2.75) is 61.4 Å². The van der Waals surface area contributed by atoms with E-state index in [0.717, 1.165) is 0 Å². The zero-order valence-electron chi connectivity index (χ0n) is 40.2. The van der Waals surface area contributed by atoms with E-state index < -0.39 is 110 Å². The van der Waals surface area contributed by atoms with Gasteiger partial charge in [0.2, 0.25) is 0 Å². The Labute approximate surface area is 434 Å². The Morgan fingerprint density at radius 2 is 0.763 bits per heavy atom. The second kappa shape index (κ2) is 26.5. The molecule has 10 atom stereocenters. The smallest absolute Gasteiger partial charge is 0.338 e. The molecule has 2 saturated heterocycles. The number of rotatable bonds is 20. The summed E-state index contributed by atoms with van der Waals surface area (Å²) in [6.45, 7) is -2.00. The number of hydrogen-bond donors (Lipinski definition) is 1. The van der Waals surface area contributed by atoms with Crippen LogP contribution in [-0.4, -0.2) is 129 Å². The van der Waals surface area contributed by atoms with Gasteiger partial charge >= 0.3 is 35.8 Å². The van der Waals surface area contributed by atoms with Crippen LogP contribution in [0.2, 0.25) is 0 Å². The van der Waals surface area contributed by atoms with Gasteiger partial charge in [0.1, 0.15) is 37.6 Å². The molecule has 2 aliphatic rings. The van der Waals surface area contributed by atoms with Crippen LogP contribution >= 0.6 is 0 Å². The van der Waals surface area contributed by atoms with Crippen molar-refractivity contribution in [2.24, 2.45) is 5.11 Å². The van der Waals surface area contributed by atoms with E-state index in [9.17, 15) is 33.9 Å². The van der Waals surface area contributed by atoms with Gasteiger partial charge in [-0.05, 0) is 78.3 Å². The highest BCUT2D eigenvalue weighted by Gasteiger charge is 2.57. The lowest BCUT2D eigenvalue weighted by Crippen LogP contribution is -2.67. The Morgan fingerprint density at radius 1 is 0.434 bits per heavy atom. The lowest BCUT2D eigenvalue weighted by molar-refractivity contribution is -0.356. The number of hydrogen-bond acceptors (Lipinski definition) is 18. The maximum atomic E-state index is 14.4. The molecule has 20 nitrogen and oxygen atoms in total. The largest absolute Gasteiger partial charge is 0.459 e. The van der Waals surface area contributed by atoms with Gasteiger partial charge in [0.05, 0.1) is 40.0 Å². The number of carbonyl (C=O) groups is 6. The highest BCUT2D eigenvalue weighted by atomic mass is 16.8. The van der Waals surface area contributed by atoms with Crippen LogP contribution < -0.4 is 0 Å². The van der Waals surface area contributed by atoms with Crippen LogP contribution in [0.1, 0.15) is 62.1 Å². The summed E-state index contributed by atoms with van der Waals surface area (Å²) in [5, 5.41) is 15.7. The number of aliphatic hydroxyl groups excluding tert-OH is 1. The van der Waals surface area contributed by atoms with Gasteiger partial charge in [-0.3, -0.25) is 0 Å². The minimum atomic E-state index is -2.02. The van der Waals surface area contributed by atoms with Crippen molar-refractivity contribution >= 4 is 35.8 Å². The maximum Gasteiger partial charge on any atom is 0.338 e. The lowest BCUT2D eigenvalue weighted by atomic mass is 9.95. The molecule has 2 fully saturated rings. The van der Waals surface area contributed by atoms with Crippen LogP contribution in [0.4, 0.5) is 0 Å². The Balaban J connectivity index is 1.25. The number of nitrogens with zero attached hydrogens (tertiary/aromatic N) is 3. The number of carbonyl (C=O) groups excluding carboxylic acids is 6. The number of azide groups is 1. The second-order valence-corrected chi connectivity index (χ2v) is 16.9. The monoisotopic (exact) mass is 1040 g/mol. The Morgan fingerprint density at radius 3 is 1.16 bits per heavy atom. The second-order valence-electron chi connectivity index (χ2n) is 16.9. The van der Waals surface area contributed by atoms with Gasteiger partial charge in [0.25, 0.3) is 0 Å². The zero-order chi connectivity index (χ0) is 53.2. The third-order valence-corrected chi connectivity index (χ3v) is 11.8. The third-order valence-electron chi connectivity index (χ3n) is 11.8. The Bertz CT molecular complexity index is 2940. The topological polar surface area (TPSA) is 264 Å². The molecule has 2 aliphatic heterocycles. The fraction of sp³-hybridized carbons (Fsp3) is 0.250. The zero-order valence-corrected chi connectivity index (χ0v) is 40.2. The predicted octanol–water partition coefficient (Wildman–Crippen LogP) is 7.13. The first kappa shape index (κ1) is 53.5. The lowest BCUT2D eigenvalue weighted by Gasteiger charge is -2.48. The molecule has 1 N–H and O–H groups in total. The molecule has 0 bridgehead atoms. The van der Waals surface area contributed by atoms with E-state index >= 15 is 0 Å². The normalized spacial score (nSPS) is 22.8. The summed E-state index contributed by atoms with van der Waals surface area (Å²) in [5.41, 5.74) is 9.47. The van der Waals surface area contributed by atoms with Crippen molar-refractivity contribution in [3.05, 3.63) is 226 Å².